The molecule has 148 valence electrons. The summed E-state index contributed by atoms with van der Waals surface area (Å²) in [4.78, 5) is 4.12. The molecule has 0 aliphatic heterocycles. The van der Waals surface area contributed by atoms with Gasteiger partial charge in [0.15, 0.2) is 17.5 Å². The standard InChI is InChI=1S/C18H29F2N3O3/c1-5-24-15-9-6-8-14(16(15)26-17(19)20)12-23-18(21-4)22-10-7-11-25-13(2)3/h6,8-9,13,17H,5,7,10-12H2,1-4H3,(H2,21,22,23). The maximum atomic E-state index is 12.7. The summed E-state index contributed by atoms with van der Waals surface area (Å²) in [6.07, 6.45) is 1.04. The number of para-hydroxylation sites is 1. The van der Waals surface area contributed by atoms with E-state index in [4.69, 9.17) is 9.47 Å². The first-order chi connectivity index (χ1) is 12.5. The van der Waals surface area contributed by atoms with Crippen LogP contribution in [-0.4, -0.2) is 45.5 Å². The summed E-state index contributed by atoms with van der Waals surface area (Å²) < 4.78 is 41.0. The van der Waals surface area contributed by atoms with Gasteiger partial charge in [0.25, 0.3) is 0 Å². The fourth-order valence-corrected chi connectivity index (χ4v) is 2.19. The molecule has 0 bridgehead atoms. The van der Waals surface area contributed by atoms with Crippen LogP contribution in [-0.2, 0) is 11.3 Å². The second kappa shape index (κ2) is 12.3. The molecule has 0 amide bonds. The lowest BCUT2D eigenvalue weighted by Crippen LogP contribution is -2.37. The minimum absolute atomic E-state index is 0.0395. The SMILES string of the molecule is CCOc1cccc(CNC(=NC)NCCCOC(C)C)c1OC(F)F. The largest absolute Gasteiger partial charge is 0.490 e. The Morgan fingerprint density at radius 2 is 2.00 bits per heavy atom. The molecular weight excluding hydrogens is 344 g/mol. The normalized spacial score (nSPS) is 11.8. The molecule has 0 aromatic heterocycles. The van der Waals surface area contributed by atoms with E-state index in [1.54, 1.807) is 32.2 Å². The van der Waals surface area contributed by atoms with Crippen LogP contribution in [0.2, 0.25) is 0 Å². The monoisotopic (exact) mass is 373 g/mol. The van der Waals surface area contributed by atoms with Crippen LogP contribution in [0.1, 0.15) is 32.8 Å². The number of rotatable bonds is 11. The number of nitrogens with zero attached hydrogens (tertiary/aromatic N) is 1. The zero-order chi connectivity index (χ0) is 19.4. The number of ether oxygens (including phenoxy) is 3. The van der Waals surface area contributed by atoms with Gasteiger partial charge >= 0.3 is 6.61 Å². The van der Waals surface area contributed by atoms with E-state index in [1.807, 2.05) is 13.8 Å². The van der Waals surface area contributed by atoms with Crippen molar-refractivity contribution in [3.05, 3.63) is 23.8 Å². The van der Waals surface area contributed by atoms with Gasteiger partial charge in [-0.05, 0) is 33.3 Å². The highest BCUT2D eigenvalue weighted by atomic mass is 19.3. The summed E-state index contributed by atoms with van der Waals surface area (Å²) in [5.74, 6) is 0.901. The van der Waals surface area contributed by atoms with Crippen molar-refractivity contribution in [3.63, 3.8) is 0 Å². The summed E-state index contributed by atoms with van der Waals surface area (Å²) in [5, 5.41) is 6.24. The zero-order valence-electron chi connectivity index (χ0n) is 15.9. The molecule has 0 unspecified atom stereocenters. The molecule has 1 rings (SSSR count). The Morgan fingerprint density at radius 3 is 2.62 bits per heavy atom. The van der Waals surface area contributed by atoms with Crippen LogP contribution in [0.3, 0.4) is 0 Å². The van der Waals surface area contributed by atoms with Crippen molar-refractivity contribution in [1.29, 1.82) is 0 Å². The molecule has 0 saturated carbocycles. The summed E-state index contributed by atoms with van der Waals surface area (Å²) in [6.45, 7) is 4.81. The highest BCUT2D eigenvalue weighted by Gasteiger charge is 2.15. The molecule has 1 aromatic rings. The first-order valence-electron chi connectivity index (χ1n) is 8.73. The molecule has 0 fully saturated rings. The summed E-state index contributed by atoms with van der Waals surface area (Å²) in [6, 6.07) is 5.04. The molecule has 0 radical (unpaired) electrons. The van der Waals surface area contributed by atoms with Crippen molar-refractivity contribution in [2.24, 2.45) is 4.99 Å². The van der Waals surface area contributed by atoms with Crippen LogP contribution in [0.25, 0.3) is 0 Å². The summed E-state index contributed by atoms with van der Waals surface area (Å²) in [7, 11) is 1.65. The number of halogens is 2. The number of aliphatic imine (C=N–C) groups is 1. The van der Waals surface area contributed by atoms with Crippen LogP contribution < -0.4 is 20.1 Å². The minimum Gasteiger partial charge on any atom is -0.490 e. The van der Waals surface area contributed by atoms with E-state index in [-0.39, 0.29) is 18.4 Å². The van der Waals surface area contributed by atoms with E-state index in [1.165, 1.54) is 0 Å². The van der Waals surface area contributed by atoms with E-state index in [9.17, 15) is 8.78 Å². The maximum absolute atomic E-state index is 12.7. The number of hydrogen-bond donors (Lipinski definition) is 2. The van der Waals surface area contributed by atoms with E-state index < -0.39 is 6.61 Å². The number of guanidine groups is 1. The molecule has 0 saturated heterocycles. The molecule has 26 heavy (non-hydrogen) atoms. The second-order valence-corrected chi connectivity index (χ2v) is 5.68. The summed E-state index contributed by atoms with van der Waals surface area (Å²) in [5.41, 5.74) is 0.558. The lowest BCUT2D eigenvalue weighted by Gasteiger charge is -2.17. The van der Waals surface area contributed by atoms with Crippen LogP contribution in [0.4, 0.5) is 8.78 Å². The Labute approximate surface area is 153 Å². The van der Waals surface area contributed by atoms with E-state index in [0.717, 1.165) is 6.42 Å². The molecule has 0 aliphatic rings. The predicted molar refractivity (Wildman–Crippen MR) is 98.1 cm³/mol. The van der Waals surface area contributed by atoms with E-state index in [2.05, 4.69) is 20.4 Å². The summed E-state index contributed by atoms with van der Waals surface area (Å²) >= 11 is 0. The van der Waals surface area contributed by atoms with Gasteiger partial charge in [-0.3, -0.25) is 4.99 Å². The maximum Gasteiger partial charge on any atom is 0.387 e. The van der Waals surface area contributed by atoms with Gasteiger partial charge in [0.05, 0.1) is 12.7 Å². The van der Waals surface area contributed by atoms with Crippen molar-refractivity contribution >= 4 is 5.96 Å². The van der Waals surface area contributed by atoms with E-state index in [0.29, 0.717) is 37.0 Å². The molecule has 1 aromatic carbocycles. The molecule has 0 aliphatic carbocycles. The third-order valence-electron chi connectivity index (χ3n) is 3.30. The first-order valence-corrected chi connectivity index (χ1v) is 8.73. The fourth-order valence-electron chi connectivity index (χ4n) is 2.19. The fraction of sp³-hybridized carbons (Fsp3) is 0.611. The molecule has 0 spiro atoms. The van der Waals surface area contributed by atoms with Crippen LogP contribution in [0, 0.1) is 0 Å². The van der Waals surface area contributed by atoms with Crippen LogP contribution in [0.15, 0.2) is 23.2 Å². The smallest absolute Gasteiger partial charge is 0.387 e. The highest BCUT2D eigenvalue weighted by Crippen LogP contribution is 2.32. The average Bonchev–Trinajstić information content (AvgIpc) is 2.59. The van der Waals surface area contributed by atoms with Gasteiger partial charge < -0.3 is 24.8 Å². The van der Waals surface area contributed by atoms with Crippen LogP contribution >= 0.6 is 0 Å². The van der Waals surface area contributed by atoms with Crippen molar-refractivity contribution in [1.82, 2.24) is 10.6 Å². The third-order valence-corrected chi connectivity index (χ3v) is 3.30. The van der Waals surface area contributed by atoms with Gasteiger partial charge in [-0.1, -0.05) is 12.1 Å². The van der Waals surface area contributed by atoms with Crippen LogP contribution in [0.5, 0.6) is 11.5 Å². The van der Waals surface area contributed by atoms with Gasteiger partial charge in [0.1, 0.15) is 0 Å². The Hall–Kier alpha value is -2.09. The van der Waals surface area contributed by atoms with Gasteiger partial charge in [0, 0.05) is 32.3 Å². The van der Waals surface area contributed by atoms with Crippen molar-refractivity contribution in [2.45, 2.75) is 46.5 Å². The number of nitrogens with one attached hydrogen (secondary N) is 2. The number of hydrogen-bond acceptors (Lipinski definition) is 4. The van der Waals surface area contributed by atoms with Crippen molar-refractivity contribution in [2.75, 3.05) is 26.8 Å². The highest BCUT2D eigenvalue weighted by molar-refractivity contribution is 5.79. The quantitative estimate of drug-likeness (QED) is 0.354. The first kappa shape index (κ1) is 22.0. The molecule has 6 nitrogen and oxygen atoms in total. The zero-order valence-corrected chi connectivity index (χ0v) is 15.9. The van der Waals surface area contributed by atoms with Crippen molar-refractivity contribution in [3.8, 4) is 11.5 Å². The Bertz CT molecular complexity index is 554. The molecule has 8 heteroatoms. The Balaban J connectivity index is 2.62. The molecule has 0 atom stereocenters. The van der Waals surface area contributed by atoms with Gasteiger partial charge in [0.2, 0.25) is 0 Å². The lowest BCUT2D eigenvalue weighted by atomic mass is 10.2. The average molecular weight is 373 g/mol. The number of benzene rings is 1. The lowest BCUT2D eigenvalue weighted by molar-refractivity contribution is -0.0520. The van der Waals surface area contributed by atoms with E-state index >= 15 is 0 Å². The molecular formula is C18H29F2N3O3. The van der Waals surface area contributed by atoms with Crippen molar-refractivity contribution < 1.29 is 23.0 Å². The third kappa shape index (κ3) is 8.33. The topological polar surface area (TPSA) is 64.1 Å². The second-order valence-electron chi connectivity index (χ2n) is 5.68. The van der Waals surface area contributed by atoms with Gasteiger partial charge in [-0.25, -0.2) is 0 Å². The molecule has 0 heterocycles. The number of alkyl halides is 2. The van der Waals surface area contributed by atoms with Gasteiger partial charge in [-0.15, -0.1) is 0 Å². The Kier molecular flexibility index (Phi) is 10.4. The Morgan fingerprint density at radius 1 is 1.23 bits per heavy atom. The van der Waals surface area contributed by atoms with Gasteiger partial charge in [-0.2, -0.15) is 8.78 Å². The minimum atomic E-state index is -2.92. The predicted octanol–water partition coefficient (Wildman–Crippen LogP) is 3.17. The molecule has 2 N–H and O–H groups in total.